The molecule has 0 aromatic carbocycles. The average molecular weight is 371 g/mol. The summed E-state index contributed by atoms with van der Waals surface area (Å²) in [6.07, 6.45) is -0.0461. The highest BCUT2D eigenvalue weighted by Gasteiger charge is 2.33. The van der Waals surface area contributed by atoms with Crippen LogP contribution in [-0.4, -0.2) is 29.0 Å². The van der Waals surface area contributed by atoms with Gasteiger partial charge in [-0.05, 0) is 37.5 Å². The zero-order valence-electron chi connectivity index (χ0n) is 14.0. The van der Waals surface area contributed by atoms with Gasteiger partial charge in [-0.3, -0.25) is 4.98 Å². The Morgan fingerprint density at radius 3 is 2.76 bits per heavy atom. The summed E-state index contributed by atoms with van der Waals surface area (Å²) in [6, 6.07) is 1.97. The van der Waals surface area contributed by atoms with Gasteiger partial charge in [-0.25, -0.2) is 9.98 Å². The fourth-order valence-electron chi connectivity index (χ4n) is 2.10. The van der Waals surface area contributed by atoms with Crippen molar-refractivity contribution in [2.75, 3.05) is 13.1 Å². The number of alkyl halides is 3. The van der Waals surface area contributed by atoms with Gasteiger partial charge in [0, 0.05) is 30.9 Å². The summed E-state index contributed by atoms with van der Waals surface area (Å²) in [4.78, 5) is 11.9. The Morgan fingerprint density at radius 1 is 1.32 bits per heavy atom. The van der Waals surface area contributed by atoms with Crippen molar-refractivity contribution in [3.63, 3.8) is 0 Å². The van der Waals surface area contributed by atoms with Crippen LogP contribution in [-0.2, 0) is 19.1 Å². The van der Waals surface area contributed by atoms with Gasteiger partial charge in [-0.15, -0.1) is 11.3 Å². The molecule has 2 rings (SSSR count). The standard InChI is InChI=1S/C16H20F3N5S/c1-3-21-15(22-7-5-12-4-6-20-8-11(12)2)23-9-14-24-13(10-25-14)16(17,18)19/h4,6,8,10H,3,5,7,9H2,1-2H3,(H2,21,22,23). The van der Waals surface area contributed by atoms with Gasteiger partial charge in [0.15, 0.2) is 11.7 Å². The van der Waals surface area contributed by atoms with Crippen LogP contribution in [0.1, 0.15) is 28.8 Å². The monoisotopic (exact) mass is 371 g/mol. The number of pyridine rings is 1. The molecule has 136 valence electrons. The van der Waals surface area contributed by atoms with Crippen LogP contribution in [0.3, 0.4) is 0 Å². The third kappa shape index (κ3) is 6.00. The van der Waals surface area contributed by atoms with Crippen molar-refractivity contribution in [3.05, 3.63) is 45.7 Å². The van der Waals surface area contributed by atoms with Crippen molar-refractivity contribution in [3.8, 4) is 0 Å². The summed E-state index contributed by atoms with van der Waals surface area (Å²) in [5, 5.41) is 7.59. The topological polar surface area (TPSA) is 62.2 Å². The van der Waals surface area contributed by atoms with E-state index in [9.17, 15) is 13.2 Å². The normalized spacial score (nSPS) is 12.3. The lowest BCUT2D eigenvalue weighted by molar-refractivity contribution is -0.140. The molecule has 0 amide bonds. The van der Waals surface area contributed by atoms with E-state index in [1.165, 1.54) is 5.56 Å². The summed E-state index contributed by atoms with van der Waals surface area (Å²) in [6.45, 7) is 5.34. The fraction of sp³-hybridized carbons (Fsp3) is 0.438. The van der Waals surface area contributed by atoms with Crippen LogP contribution in [0.4, 0.5) is 13.2 Å². The Bertz CT molecular complexity index is 712. The first-order valence-electron chi connectivity index (χ1n) is 7.83. The molecule has 2 aromatic heterocycles. The fourth-order valence-corrected chi connectivity index (χ4v) is 2.82. The molecule has 2 N–H and O–H groups in total. The summed E-state index contributed by atoms with van der Waals surface area (Å²) in [7, 11) is 0. The largest absolute Gasteiger partial charge is 0.434 e. The number of hydrogen-bond acceptors (Lipinski definition) is 4. The lowest BCUT2D eigenvalue weighted by Gasteiger charge is -2.11. The minimum Gasteiger partial charge on any atom is -0.357 e. The number of thiazole rings is 1. The van der Waals surface area contributed by atoms with E-state index in [1.807, 2.05) is 26.1 Å². The first-order valence-corrected chi connectivity index (χ1v) is 8.71. The summed E-state index contributed by atoms with van der Waals surface area (Å²) in [5.41, 5.74) is 1.44. The predicted octanol–water partition coefficient (Wildman–Crippen LogP) is 3.16. The van der Waals surface area contributed by atoms with Crippen molar-refractivity contribution >= 4 is 17.3 Å². The summed E-state index contributed by atoms with van der Waals surface area (Å²) < 4.78 is 37.7. The molecule has 0 fully saturated rings. The van der Waals surface area contributed by atoms with Crippen LogP contribution in [0.15, 0.2) is 28.8 Å². The van der Waals surface area contributed by atoms with Gasteiger partial charge in [0.05, 0.1) is 6.54 Å². The van der Waals surface area contributed by atoms with Crippen molar-refractivity contribution < 1.29 is 13.2 Å². The van der Waals surface area contributed by atoms with Crippen LogP contribution < -0.4 is 10.6 Å². The van der Waals surface area contributed by atoms with Crippen molar-refractivity contribution in [1.29, 1.82) is 0 Å². The third-order valence-electron chi connectivity index (χ3n) is 3.38. The van der Waals surface area contributed by atoms with Gasteiger partial charge < -0.3 is 10.6 Å². The zero-order chi connectivity index (χ0) is 18.3. The van der Waals surface area contributed by atoms with Gasteiger partial charge in [-0.2, -0.15) is 13.2 Å². The Balaban J connectivity index is 1.92. The van der Waals surface area contributed by atoms with E-state index in [1.54, 1.807) is 6.20 Å². The summed E-state index contributed by atoms with van der Waals surface area (Å²) in [5.74, 6) is 0.554. The molecule has 0 saturated carbocycles. The van der Waals surface area contributed by atoms with Crippen molar-refractivity contribution in [1.82, 2.24) is 20.6 Å². The molecule has 0 saturated heterocycles. The molecule has 9 heteroatoms. The zero-order valence-corrected chi connectivity index (χ0v) is 14.8. The molecule has 0 bridgehead atoms. The number of hydrogen-bond donors (Lipinski definition) is 2. The maximum atomic E-state index is 12.6. The molecule has 0 spiro atoms. The highest BCUT2D eigenvalue weighted by atomic mass is 32.1. The molecular weight excluding hydrogens is 351 g/mol. The van der Waals surface area contributed by atoms with E-state index in [0.717, 1.165) is 28.7 Å². The van der Waals surface area contributed by atoms with Crippen molar-refractivity contribution in [2.24, 2.45) is 4.99 Å². The Hall–Kier alpha value is -2.16. The smallest absolute Gasteiger partial charge is 0.357 e. The summed E-state index contributed by atoms with van der Waals surface area (Å²) >= 11 is 0.958. The number of guanidine groups is 1. The predicted molar refractivity (Wildman–Crippen MR) is 92.6 cm³/mol. The third-order valence-corrected chi connectivity index (χ3v) is 4.22. The number of aryl methyl sites for hydroxylation is 1. The molecule has 25 heavy (non-hydrogen) atoms. The van der Waals surface area contributed by atoms with E-state index in [4.69, 9.17) is 0 Å². The Morgan fingerprint density at radius 2 is 2.12 bits per heavy atom. The SMILES string of the molecule is CCNC(=NCc1nc(C(F)(F)F)cs1)NCCc1ccncc1C. The Labute approximate surface area is 148 Å². The van der Waals surface area contributed by atoms with Gasteiger partial charge in [0.25, 0.3) is 0 Å². The van der Waals surface area contributed by atoms with Gasteiger partial charge in [0.2, 0.25) is 0 Å². The number of rotatable bonds is 6. The van der Waals surface area contributed by atoms with Crippen molar-refractivity contribution in [2.45, 2.75) is 33.0 Å². The number of halogens is 3. The van der Waals surface area contributed by atoms with Gasteiger partial charge >= 0.3 is 6.18 Å². The molecular formula is C16H20F3N5S. The highest BCUT2D eigenvalue weighted by molar-refractivity contribution is 7.09. The average Bonchev–Trinajstić information content (AvgIpc) is 3.03. The van der Waals surface area contributed by atoms with E-state index < -0.39 is 11.9 Å². The number of nitrogens with zero attached hydrogens (tertiary/aromatic N) is 3. The van der Waals surface area contributed by atoms with Crippen LogP contribution in [0, 0.1) is 6.92 Å². The molecule has 2 heterocycles. The first-order chi connectivity index (χ1) is 11.9. The van der Waals surface area contributed by atoms with Crippen LogP contribution >= 0.6 is 11.3 Å². The molecule has 5 nitrogen and oxygen atoms in total. The minimum atomic E-state index is -4.41. The maximum absolute atomic E-state index is 12.6. The van der Waals surface area contributed by atoms with E-state index >= 15 is 0 Å². The second kappa shape index (κ2) is 8.80. The molecule has 0 aliphatic rings. The van der Waals surface area contributed by atoms with E-state index in [0.29, 0.717) is 24.1 Å². The molecule has 0 atom stereocenters. The number of aromatic nitrogens is 2. The lowest BCUT2D eigenvalue weighted by Crippen LogP contribution is -2.38. The quantitative estimate of drug-likeness (QED) is 0.605. The molecule has 0 aliphatic carbocycles. The van der Waals surface area contributed by atoms with Crippen LogP contribution in [0.2, 0.25) is 0 Å². The van der Waals surface area contributed by atoms with Gasteiger partial charge in [-0.1, -0.05) is 0 Å². The van der Waals surface area contributed by atoms with E-state index in [2.05, 4.69) is 25.6 Å². The molecule has 0 radical (unpaired) electrons. The Kier molecular flexibility index (Phi) is 6.74. The molecule has 0 aliphatic heterocycles. The number of nitrogens with one attached hydrogen (secondary N) is 2. The maximum Gasteiger partial charge on any atom is 0.434 e. The second-order valence-electron chi connectivity index (χ2n) is 5.30. The first kappa shape index (κ1) is 19.2. The van der Waals surface area contributed by atoms with Crippen LogP contribution in [0.5, 0.6) is 0 Å². The second-order valence-corrected chi connectivity index (χ2v) is 6.24. The van der Waals surface area contributed by atoms with E-state index in [-0.39, 0.29) is 6.54 Å². The highest BCUT2D eigenvalue weighted by Crippen LogP contribution is 2.30. The van der Waals surface area contributed by atoms with Gasteiger partial charge in [0.1, 0.15) is 5.01 Å². The lowest BCUT2D eigenvalue weighted by atomic mass is 10.1. The molecule has 2 aromatic rings. The molecule has 0 unspecified atom stereocenters. The minimum absolute atomic E-state index is 0.102. The number of aliphatic imine (C=N–C) groups is 1. The van der Waals surface area contributed by atoms with Crippen LogP contribution in [0.25, 0.3) is 0 Å².